The van der Waals surface area contributed by atoms with Gasteiger partial charge in [-0.3, -0.25) is 0 Å². The molecule has 6 N–H and O–H groups in total. The lowest BCUT2D eigenvalue weighted by Crippen LogP contribution is -2.67. The number of hydrogen-bond acceptors (Lipinski definition) is 8. The smallest absolute Gasteiger partial charge is 0.187 e. The fourth-order valence-corrected chi connectivity index (χ4v) is 11.8. The van der Waals surface area contributed by atoms with Crippen LogP contribution in [0.3, 0.4) is 0 Å². The minimum absolute atomic E-state index is 0.0131. The van der Waals surface area contributed by atoms with E-state index in [4.69, 9.17) is 9.47 Å². The van der Waals surface area contributed by atoms with Crippen molar-refractivity contribution in [2.45, 2.75) is 162 Å². The standard InChI is InChI=1S/C36H62O8/c1-20(2)10-9-14-36(8,44-31-30(42)29(41)28(40)23(19-37)43-31)21-11-16-35(7)27(21)22(38)18-25-33(5)15-13-26(39)32(3,4)24(33)12-17-34(25,35)6/h10,21-31,37-42H,9,11-19H2,1-8H3/t21?,22-,23?,24?,25?,26?,27?,28-,29?,30?,31+,33+,34-,35-,36+/m1/s1. The molecule has 0 radical (unpaired) electrons. The first-order chi connectivity index (χ1) is 20.4. The summed E-state index contributed by atoms with van der Waals surface area (Å²) in [5.41, 5.74) is 0.171. The summed E-state index contributed by atoms with van der Waals surface area (Å²) >= 11 is 0. The molecule has 1 heterocycles. The maximum atomic E-state index is 12.2. The Bertz CT molecular complexity index is 1070. The molecule has 4 saturated carbocycles. The van der Waals surface area contributed by atoms with Crippen LogP contribution in [-0.4, -0.2) is 85.8 Å². The van der Waals surface area contributed by atoms with E-state index in [0.29, 0.717) is 18.3 Å². The normalized spacial score (nSPS) is 51.5. The highest BCUT2D eigenvalue weighted by atomic mass is 16.7. The first-order valence-corrected chi connectivity index (χ1v) is 17.3. The number of aliphatic hydroxyl groups is 6. The topological polar surface area (TPSA) is 140 Å². The molecule has 0 spiro atoms. The van der Waals surface area contributed by atoms with E-state index in [1.54, 1.807) is 0 Å². The van der Waals surface area contributed by atoms with Crippen LogP contribution in [0.4, 0.5) is 0 Å². The Kier molecular flexibility index (Phi) is 9.35. The second-order valence-corrected chi connectivity index (χ2v) is 17.3. The molecule has 1 aliphatic heterocycles. The fraction of sp³-hybridized carbons (Fsp3) is 0.944. The van der Waals surface area contributed by atoms with Crippen LogP contribution in [-0.2, 0) is 9.47 Å². The van der Waals surface area contributed by atoms with Gasteiger partial charge in [0.1, 0.15) is 24.4 Å². The van der Waals surface area contributed by atoms with Gasteiger partial charge < -0.3 is 40.1 Å². The van der Waals surface area contributed by atoms with E-state index in [9.17, 15) is 30.6 Å². The zero-order valence-corrected chi connectivity index (χ0v) is 28.5. The van der Waals surface area contributed by atoms with Gasteiger partial charge in [0, 0.05) is 0 Å². The van der Waals surface area contributed by atoms with Crippen molar-refractivity contribution in [2.75, 3.05) is 6.61 Å². The van der Waals surface area contributed by atoms with Crippen molar-refractivity contribution in [1.29, 1.82) is 0 Å². The Morgan fingerprint density at radius 1 is 0.864 bits per heavy atom. The van der Waals surface area contributed by atoms with Crippen molar-refractivity contribution in [3.05, 3.63) is 11.6 Å². The summed E-state index contributed by atoms with van der Waals surface area (Å²) in [4.78, 5) is 0. The first kappa shape index (κ1) is 34.7. The van der Waals surface area contributed by atoms with E-state index in [1.807, 2.05) is 0 Å². The third kappa shape index (κ3) is 5.17. The number of fused-ring (bicyclic) bond motifs is 5. The maximum Gasteiger partial charge on any atom is 0.187 e. The summed E-state index contributed by atoms with van der Waals surface area (Å²) in [7, 11) is 0. The van der Waals surface area contributed by atoms with Gasteiger partial charge in [-0.1, -0.05) is 46.3 Å². The summed E-state index contributed by atoms with van der Waals surface area (Å²) in [5, 5.41) is 65.0. The molecular formula is C36H62O8. The van der Waals surface area contributed by atoms with E-state index in [2.05, 4.69) is 61.5 Å². The van der Waals surface area contributed by atoms with Crippen molar-refractivity contribution in [2.24, 2.45) is 45.3 Å². The molecule has 254 valence electrons. The highest BCUT2D eigenvalue weighted by molar-refractivity contribution is 5.20. The third-order valence-corrected chi connectivity index (χ3v) is 14.6. The number of aliphatic hydroxyl groups excluding tert-OH is 6. The number of rotatable bonds is 7. The van der Waals surface area contributed by atoms with Gasteiger partial charge in [0.05, 0.1) is 24.4 Å². The number of hydrogen-bond donors (Lipinski definition) is 6. The SMILES string of the molecule is CC(C)=CCC[C@](C)(O[C@@H]1OC(CO)[C@@H](O)C(O)C1O)C1CC[C@]2(C)C1[C@H](O)CC1[C@@]3(C)CCC(O)C(C)(C)C3CC[C@]12C. The number of ether oxygens (including phenoxy) is 2. The maximum absolute atomic E-state index is 12.2. The molecule has 5 fully saturated rings. The van der Waals surface area contributed by atoms with Crippen LogP contribution >= 0.6 is 0 Å². The van der Waals surface area contributed by atoms with Crippen molar-refractivity contribution in [3.63, 3.8) is 0 Å². The lowest BCUT2D eigenvalue weighted by Gasteiger charge is -2.70. The Labute approximate surface area is 265 Å². The van der Waals surface area contributed by atoms with Gasteiger partial charge in [-0.25, -0.2) is 0 Å². The molecule has 0 aromatic rings. The van der Waals surface area contributed by atoms with Crippen LogP contribution in [0.1, 0.15) is 113 Å². The third-order valence-electron chi connectivity index (χ3n) is 14.6. The Morgan fingerprint density at radius 3 is 2.16 bits per heavy atom. The van der Waals surface area contributed by atoms with Gasteiger partial charge in [0.15, 0.2) is 6.29 Å². The van der Waals surface area contributed by atoms with Crippen LogP contribution in [0, 0.1) is 45.3 Å². The quantitative estimate of drug-likeness (QED) is 0.231. The van der Waals surface area contributed by atoms with E-state index in [1.165, 1.54) is 5.57 Å². The van der Waals surface area contributed by atoms with Gasteiger partial charge in [-0.05, 0) is 124 Å². The Hall–Kier alpha value is -0.580. The summed E-state index contributed by atoms with van der Waals surface area (Å²) in [6, 6.07) is 0. The largest absolute Gasteiger partial charge is 0.394 e. The van der Waals surface area contributed by atoms with E-state index in [0.717, 1.165) is 51.4 Å². The molecule has 5 aliphatic rings. The summed E-state index contributed by atoms with van der Waals surface area (Å²) in [6.45, 7) is 17.5. The second-order valence-electron chi connectivity index (χ2n) is 17.3. The average Bonchev–Trinajstić information content (AvgIpc) is 3.33. The molecule has 0 aromatic carbocycles. The minimum Gasteiger partial charge on any atom is -0.394 e. The Morgan fingerprint density at radius 2 is 1.52 bits per heavy atom. The van der Waals surface area contributed by atoms with Crippen LogP contribution in [0.15, 0.2) is 11.6 Å². The van der Waals surface area contributed by atoms with Gasteiger partial charge >= 0.3 is 0 Å². The molecule has 8 heteroatoms. The zero-order valence-electron chi connectivity index (χ0n) is 28.5. The lowest BCUT2D eigenvalue weighted by molar-refractivity contribution is -0.336. The van der Waals surface area contributed by atoms with Crippen molar-refractivity contribution in [1.82, 2.24) is 0 Å². The predicted octanol–water partition coefficient (Wildman–Crippen LogP) is 4.32. The van der Waals surface area contributed by atoms with Crippen LogP contribution < -0.4 is 0 Å². The molecular weight excluding hydrogens is 560 g/mol. The summed E-state index contributed by atoms with van der Waals surface area (Å²) < 4.78 is 12.6. The molecule has 4 aliphatic carbocycles. The Balaban J connectivity index is 1.49. The highest BCUT2D eigenvalue weighted by Gasteiger charge is 2.71. The fourth-order valence-electron chi connectivity index (χ4n) is 11.8. The van der Waals surface area contributed by atoms with E-state index >= 15 is 0 Å². The highest BCUT2D eigenvalue weighted by Crippen LogP contribution is 2.76. The second kappa shape index (κ2) is 11.8. The molecule has 0 bridgehead atoms. The summed E-state index contributed by atoms with van der Waals surface area (Å²) in [6.07, 6.45) is 2.60. The van der Waals surface area contributed by atoms with E-state index < -0.39 is 49.0 Å². The van der Waals surface area contributed by atoms with Crippen molar-refractivity contribution >= 4 is 0 Å². The van der Waals surface area contributed by atoms with Gasteiger partial charge in [-0.2, -0.15) is 0 Å². The molecule has 8 nitrogen and oxygen atoms in total. The molecule has 8 unspecified atom stereocenters. The zero-order chi connectivity index (χ0) is 32.6. The van der Waals surface area contributed by atoms with Crippen LogP contribution in [0.2, 0.25) is 0 Å². The minimum atomic E-state index is -1.50. The monoisotopic (exact) mass is 622 g/mol. The van der Waals surface area contributed by atoms with Gasteiger partial charge in [0.2, 0.25) is 0 Å². The molecule has 15 atom stereocenters. The molecule has 5 rings (SSSR count). The molecule has 1 saturated heterocycles. The van der Waals surface area contributed by atoms with Gasteiger partial charge in [-0.15, -0.1) is 0 Å². The molecule has 0 aromatic heterocycles. The van der Waals surface area contributed by atoms with Gasteiger partial charge in [0.25, 0.3) is 0 Å². The summed E-state index contributed by atoms with van der Waals surface area (Å²) in [5.74, 6) is 0.713. The first-order valence-electron chi connectivity index (χ1n) is 17.3. The molecule has 44 heavy (non-hydrogen) atoms. The van der Waals surface area contributed by atoms with E-state index in [-0.39, 0.29) is 39.6 Å². The lowest BCUT2D eigenvalue weighted by atomic mass is 9.35. The van der Waals surface area contributed by atoms with Crippen LogP contribution in [0.25, 0.3) is 0 Å². The average molecular weight is 623 g/mol. The number of allylic oxidation sites excluding steroid dienone is 2. The van der Waals surface area contributed by atoms with Crippen molar-refractivity contribution in [3.8, 4) is 0 Å². The van der Waals surface area contributed by atoms with Crippen LogP contribution in [0.5, 0.6) is 0 Å². The van der Waals surface area contributed by atoms with Crippen molar-refractivity contribution < 1.29 is 40.1 Å². The molecule has 0 amide bonds. The predicted molar refractivity (Wildman–Crippen MR) is 168 cm³/mol.